The minimum absolute atomic E-state index is 0. The van der Waals surface area contributed by atoms with Gasteiger partial charge in [0, 0.05) is 14.2 Å². The average molecular weight is 1120 g/mol. The van der Waals surface area contributed by atoms with E-state index in [4.69, 9.17) is 36.2 Å². The normalized spacial score (nSPS) is 13.6. The molecule has 0 radical (unpaired) electrons. The molecule has 0 aromatic rings. The smallest absolute Gasteiger partial charge is 0.813 e. The summed E-state index contributed by atoms with van der Waals surface area (Å²) in [5, 5.41) is 14.0. The van der Waals surface area contributed by atoms with E-state index in [1.165, 1.54) is 128 Å². The first-order chi connectivity index (χ1) is 21.2. The van der Waals surface area contributed by atoms with Crippen LogP contribution < -0.4 is 0 Å². The molecular weight excluding hydrogens is 1050 g/mol. The fourth-order valence-corrected chi connectivity index (χ4v) is 5.03. The summed E-state index contributed by atoms with van der Waals surface area (Å²) in [6.07, 6.45) is 33.4. The van der Waals surface area contributed by atoms with Crippen molar-refractivity contribution in [2.45, 2.75) is 128 Å². The third kappa shape index (κ3) is 136. The standard InChI is InChI=1S/4C5H10.C4H6O2S.2CH4O.4CHO.4CH3.4Mo.2O.2H2S/c4*1-2-4-5-3-1;5-7(6)3-1-2-4-7;6*1-2;;;;;;;;;;;;/h4*1-5H2;1-2H,3-4H2;2*2H,1H3;4*1H;4*1H3;;;;;;;2*1H2/q;;;;;;;8*-1;;;+2;+4;;;;/p-2. The minimum atomic E-state index is -2.66. The molecule has 17 heteroatoms. The Morgan fingerprint density at radius 3 is 0.510 bits per heavy atom. The van der Waals surface area contributed by atoms with Crippen molar-refractivity contribution in [3.05, 3.63) is 41.9 Å². The number of thiol groups is 2. The molecule has 0 aromatic heterocycles. The Morgan fingerprint density at radius 1 is 0.392 bits per heavy atom. The van der Waals surface area contributed by atoms with Crippen LogP contribution in [0.5, 0.6) is 0 Å². The Hall–Kier alpha value is 1.34. The largest absolute Gasteiger partial charge is 0.813 e. The van der Waals surface area contributed by atoms with Crippen LogP contribution in [0.15, 0.2) is 12.2 Å². The molecule has 5 rings (SSSR count). The molecule has 4 fully saturated rings. The van der Waals surface area contributed by atoms with E-state index >= 15 is 0 Å². The summed E-state index contributed by atoms with van der Waals surface area (Å²) >= 11 is 1.40. The molecule has 4 saturated carbocycles. The van der Waals surface area contributed by atoms with Gasteiger partial charge in [-0.2, -0.15) is 0 Å². The van der Waals surface area contributed by atoms with Crippen molar-refractivity contribution in [2.24, 2.45) is 0 Å². The average Bonchev–Trinajstić information content (AvgIpc) is 3.97. The Morgan fingerprint density at radius 2 is 0.471 bits per heavy atom. The third-order valence-corrected chi connectivity index (χ3v) is 7.27. The number of rotatable bonds is 0. The number of hydrogen-bond donors (Lipinski definition) is 2. The molecule has 0 atom stereocenters. The first-order valence-electron chi connectivity index (χ1n) is 14.2. The molecule has 5 aliphatic rings. The summed E-state index contributed by atoms with van der Waals surface area (Å²) in [6, 6.07) is 0. The Kier molecular flexibility index (Phi) is 271. The fourth-order valence-electron chi connectivity index (χ4n) is 4.03. The van der Waals surface area contributed by atoms with E-state index < -0.39 is 9.84 Å². The van der Waals surface area contributed by atoms with E-state index in [-0.39, 0.29) is 110 Å². The molecule has 0 unspecified atom stereocenters. The SMILES string of the molecule is C1CCCC1.C1CCCC1.C1CCCC1.C1CCCC1.CO.CO.O=S1(=O)CC=CC1.[CH-]=O.[CH-]=O.[CH-]=O.[CH-]=O.[CH3-].[CH3-].[CH3-].[CH3-].[Mo+2].[Mo+4].[O]=[Mo].[O]=[Mo].[SH-].[SH-]. The molecule has 0 amide bonds. The first-order valence-corrected chi connectivity index (χ1v) is 17.7. The number of sulfone groups is 1. The molecule has 0 aromatic carbocycles. The van der Waals surface area contributed by atoms with Crippen LogP contribution in [-0.2, 0) is 144 Å². The summed E-state index contributed by atoms with van der Waals surface area (Å²) < 4.78 is 37.3. The molecular formula is C34H72Mo4O10S3-4. The van der Waals surface area contributed by atoms with Gasteiger partial charge in [0.25, 0.3) is 0 Å². The van der Waals surface area contributed by atoms with Crippen LogP contribution in [0.2, 0.25) is 0 Å². The van der Waals surface area contributed by atoms with Crippen LogP contribution in [0.1, 0.15) is 128 Å². The van der Waals surface area contributed by atoms with E-state index in [0.29, 0.717) is 39.6 Å². The van der Waals surface area contributed by atoms with Crippen molar-refractivity contribution < 1.29 is 126 Å². The number of aliphatic hydroxyl groups excluding tert-OH is 2. The van der Waals surface area contributed by atoms with Crippen LogP contribution in [0.4, 0.5) is 0 Å². The number of carbonyl (C=O) groups excluding carboxylic acids is 4. The summed E-state index contributed by atoms with van der Waals surface area (Å²) in [4.78, 5) is 31.0. The van der Waals surface area contributed by atoms with Gasteiger partial charge in [-0.3, -0.25) is 27.2 Å². The van der Waals surface area contributed by atoms with Crippen LogP contribution in [0, 0.1) is 29.7 Å². The van der Waals surface area contributed by atoms with E-state index in [2.05, 4.69) is 27.2 Å². The monoisotopic (exact) mass is 1130 g/mol. The van der Waals surface area contributed by atoms with Gasteiger partial charge in [-0.15, -0.1) is 0 Å². The summed E-state index contributed by atoms with van der Waals surface area (Å²) in [5.74, 6) is 0.486. The minimum Gasteiger partial charge on any atom is -0.813 e. The Labute approximate surface area is 382 Å². The second kappa shape index (κ2) is 132. The van der Waals surface area contributed by atoms with Crippen LogP contribution >= 0.6 is 0 Å². The summed E-state index contributed by atoms with van der Waals surface area (Å²) in [5.41, 5.74) is 0. The zero-order valence-electron chi connectivity index (χ0n) is 32.1. The maximum absolute atomic E-state index is 10.4. The van der Waals surface area contributed by atoms with Gasteiger partial charge in [-0.25, -0.2) is 8.42 Å². The van der Waals surface area contributed by atoms with Gasteiger partial charge in [0.05, 0.1) is 11.5 Å². The zero-order valence-corrected chi connectivity index (χ0v) is 42.7. The second-order valence-electron chi connectivity index (χ2n) is 8.62. The number of hydrogen-bond acceptors (Lipinski definition) is 12. The predicted octanol–water partition coefficient (Wildman–Crippen LogP) is 6.91. The number of aliphatic hydroxyl groups is 2. The molecule has 1 heterocycles. The van der Waals surface area contributed by atoms with Crippen molar-refractivity contribution in [1.82, 2.24) is 0 Å². The molecule has 2 N–H and O–H groups in total. The predicted molar refractivity (Wildman–Crippen MR) is 208 cm³/mol. The van der Waals surface area contributed by atoms with E-state index in [1.807, 2.05) is 0 Å². The maximum Gasteiger partial charge on any atom is -0.813 e. The molecule has 1 aliphatic heterocycles. The Balaban J connectivity index is -0.0000000189. The molecule has 10 nitrogen and oxygen atoms in total. The van der Waals surface area contributed by atoms with Crippen LogP contribution in [0.3, 0.4) is 0 Å². The van der Waals surface area contributed by atoms with Gasteiger partial charge in [-0.1, -0.05) is 141 Å². The maximum atomic E-state index is 10.4. The summed E-state index contributed by atoms with van der Waals surface area (Å²) in [7, 11) is -0.657. The quantitative estimate of drug-likeness (QED) is 0.0642. The third-order valence-electron chi connectivity index (χ3n) is 5.87. The second-order valence-corrected chi connectivity index (χ2v) is 10.8. The van der Waals surface area contributed by atoms with E-state index in [9.17, 15) is 8.42 Å². The van der Waals surface area contributed by atoms with Crippen LogP contribution in [0.25, 0.3) is 0 Å². The van der Waals surface area contributed by atoms with Gasteiger partial charge in [0.2, 0.25) is 0 Å². The fraction of sp³-hybridized carbons (Fsp3) is 0.706. The molecule has 4 aliphatic carbocycles. The van der Waals surface area contributed by atoms with Crippen molar-refractivity contribution >= 4 is 64.0 Å². The molecule has 0 saturated heterocycles. The van der Waals surface area contributed by atoms with Gasteiger partial charge in [0.1, 0.15) is 0 Å². The molecule has 51 heavy (non-hydrogen) atoms. The van der Waals surface area contributed by atoms with Crippen LogP contribution in [-0.4, -0.2) is 71.5 Å². The van der Waals surface area contributed by atoms with Crippen molar-refractivity contribution in [3.8, 4) is 0 Å². The van der Waals surface area contributed by atoms with Gasteiger partial charge < -0.3 is 86.1 Å². The first kappa shape index (κ1) is 104. The van der Waals surface area contributed by atoms with E-state index in [1.54, 1.807) is 12.2 Å². The van der Waals surface area contributed by atoms with Gasteiger partial charge >= 0.3 is 88.5 Å². The Bertz CT molecular complexity index is 461. The van der Waals surface area contributed by atoms with Crippen molar-refractivity contribution in [1.29, 1.82) is 0 Å². The van der Waals surface area contributed by atoms with Gasteiger partial charge in [-0.05, 0) is 0 Å². The topological polar surface area (TPSA) is 177 Å². The molecule has 0 spiro atoms. The summed E-state index contributed by atoms with van der Waals surface area (Å²) in [6.45, 7) is 13.0. The van der Waals surface area contributed by atoms with Gasteiger partial charge in [0.15, 0.2) is 9.84 Å². The van der Waals surface area contributed by atoms with Crippen molar-refractivity contribution in [2.75, 3.05) is 25.7 Å². The van der Waals surface area contributed by atoms with Crippen molar-refractivity contribution in [3.63, 3.8) is 0 Å². The zero-order chi connectivity index (χ0) is 35.5. The van der Waals surface area contributed by atoms with E-state index in [0.717, 1.165) is 14.2 Å². The molecule has 314 valence electrons. The molecule has 0 bridgehead atoms.